The van der Waals surface area contributed by atoms with Crippen LogP contribution in [0.3, 0.4) is 0 Å². The summed E-state index contributed by atoms with van der Waals surface area (Å²) in [4.78, 5) is 14.7. The van der Waals surface area contributed by atoms with Gasteiger partial charge in [0.05, 0.1) is 19.4 Å². The highest BCUT2D eigenvalue weighted by molar-refractivity contribution is 5.93. The zero-order valence-corrected chi connectivity index (χ0v) is 14.1. The van der Waals surface area contributed by atoms with Gasteiger partial charge in [-0.25, -0.2) is 0 Å². The van der Waals surface area contributed by atoms with E-state index >= 15 is 0 Å². The lowest BCUT2D eigenvalue weighted by Gasteiger charge is -2.35. The van der Waals surface area contributed by atoms with E-state index in [0.717, 1.165) is 17.7 Å². The maximum atomic E-state index is 12.9. The maximum Gasteiger partial charge on any atom is 0.276 e. The Morgan fingerprint density at radius 3 is 2.92 bits per heavy atom. The number of carbonyl (C=O) groups is 1. The van der Waals surface area contributed by atoms with Gasteiger partial charge in [0.25, 0.3) is 5.91 Å². The van der Waals surface area contributed by atoms with Gasteiger partial charge in [-0.1, -0.05) is 11.2 Å². The number of amides is 1. The van der Waals surface area contributed by atoms with Crippen molar-refractivity contribution in [3.63, 3.8) is 0 Å². The summed E-state index contributed by atoms with van der Waals surface area (Å²) in [5, 5.41) is 3.92. The molecular formula is C19H18N2O4. The number of fused-ring (bicyclic) bond motifs is 1. The predicted molar refractivity (Wildman–Crippen MR) is 90.4 cm³/mol. The van der Waals surface area contributed by atoms with Crippen LogP contribution in [-0.4, -0.2) is 29.6 Å². The van der Waals surface area contributed by atoms with Crippen molar-refractivity contribution in [2.75, 3.05) is 13.7 Å². The fraction of sp³-hybridized carbons (Fsp3) is 0.263. The molecular weight excluding hydrogens is 320 g/mol. The van der Waals surface area contributed by atoms with Crippen molar-refractivity contribution in [3.8, 4) is 17.3 Å². The molecule has 0 saturated carbocycles. The Morgan fingerprint density at radius 1 is 1.28 bits per heavy atom. The van der Waals surface area contributed by atoms with Crippen molar-refractivity contribution in [2.45, 2.75) is 19.4 Å². The SMILES string of the molecule is COc1ccc2c(c1)CCN(C(=O)c1cc(-c3ccco3)on1)C2C. The molecule has 0 saturated heterocycles. The van der Waals surface area contributed by atoms with E-state index in [0.29, 0.717) is 18.1 Å². The first-order chi connectivity index (χ1) is 12.2. The van der Waals surface area contributed by atoms with E-state index < -0.39 is 0 Å². The molecule has 2 aromatic heterocycles. The average Bonchev–Trinajstić information content (AvgIpc) is 3.32. The van der Waals surface area contributed by atoms with Gasteiger partial charge in [-0.15, -0.1) is 0 Å². The molecule has 3 heterocycles. The number of hydrogen-bond acceptors (Lipinski definition) is 5. The molecule has 0 N–H and O–H groups in total. The Kier molecular flexibility index (Phi) is 3.80. The van der Waals surface area contributed by atoms with E-state index in [4.69, 9.17) is 13.7 Å². The van der Waals surface area contributed by atoms with Crippen LogP contribution in [0, 0.1) is 0 Å². The number of rotatable bonds is 3. The van der Waals surface area contributed by atoms with E-state index in [2.05, 4.69) is 5.16 Å². The normalized spacial score (nSPS) is 16.6. The van der Waals surface area contributed by atoms with Crippen LogP contribution in [0.1, 0.15) is 34.6 Å². The van der Waals surface area contributed by atoms with Gasteiger partial charge < -0.3 is 18.6 Å². The Hall–Kier alpha value is -3.02. The molecule has 128 valence electrons. The molecule has 0 radical (unpaired) electrons. The van der Waals surface area contributed by atoms with Gasteiger partial charge in [0, 0.05) is 12.6 Å². The first-order valence-electron chi connectivity index (χ1n) is 8.15. The summed E-state index contributed by atoms with van der Waals surface area (Å²) in [5.41, 5.74) is 2.64. The maximum absolute atomic E-state index is 12.9. The van der Waals surface area contributed by atoms with Crippen LogP contribution in [0.4, 0.5) is 0 Å². The largest absolute Gasteiger partial charge is 0.497 e. The second kappa shape index (κ2) is 6.12. The lowest BCUT2D eigenvalue weighted by atomic mass is 9.93. The minimum absolute atomic E-state index is 0.0362. The first kappa shape index (κ1) is 15.5. The summed E-state index contributed by atoms with van der Waals surface area (Å²) in [5.74, 6) is 1.69. The molecule has 25 heavy (non-hydrogen) atoms. The van der Waals surface area contributed by atoms with Gasteiger partial charge in [-0.05, 0) is 48.7 Å². The Balaban J connectivity index is 1.58. The lowest BCUT2D eigenvalue weighted by Crippen LogP contribution is -2.39. The van der Waals surface area contributed by atoms with Gasteiger partial charge in [-0.3, -0.25) is 4.79 Å². The highest BCUT2D eigenvalue weighted by Crippen LogP contribution is 2.33. The standard InChI is InChI=1S/C19H18N2O4/c1-12-15-6-5-14(23-2)10-13(15)7-8-21(12)19(22)16-11-18(25-20-16)17-4-3-9-24-17/h3-6,9-12H,7-8H2,1-2H3. The molecule has 1 aliphatic rings. The van der Waals surface area contributed by atoms with Crippen LogP contribution < -0.4 is 4.74 Å². The summed E-state index contributed by atoms with van der Waals surface area (Å²) in [6, 6.07) is 11.1. The second-order valence-electron chi connectivity index (χ2n) is 6.04. The number of hydrogen-bond donors (Lipinski definition) is 0. The number of ether oxygens (including phenoxy) is 1. The molecule has 3 aromatic rings. The summed E-state index contributed by atoms with van der Waals surface area (Å²) in [6.07, 6.45) is 2.34. The number of carbonyl (C=O) groups excluding carboxylic acids is 1. The van der Waals surface area contributed by atoms with Crippen LogP contribution in [0.2, 0.25) is 0 Å². The van der Waals surface area contributed by atoms with E-state index in [1.165, 1.54) is 5.56 Å². The van der Waals surface area contributed by atoms with Crippen molar-refractivity contribution in [2.24, 2.45) is 0 Å². The third-order valence-corrected chi connectivity index (χ3v) is 4.64. The minimum Gasteiger partial charge on any atom is -0.497 e. The number of furan rings is 1. The fourth-order valence-electron chi connectivity index (χ4n) is 3.27. The minimum atomic E-state index is -0.143. The highest BCUT2D eigenvalue weighted by atomic mass is 16.5. The molecule has 6 nitrogen and oxygen atoms in total. The van der Waals surface area contributed by atoms with Crippen molar-refractivity contribution < 1.29 is 18.5 Å². The quantitative estimate of drug-likeness (QED) is 0.728. The number of nitrogens with zero attached hydrogens (tertiary/aromatic N) is 2. The van der Waals surface area contributed by atoms with E-state index in [1.807, 2.05) is 30.0 Å². The van der Waals surface area contributed by atoms with Crippen LogP contribution in [0.5, 0.6) is 5.75 Å². The van der Waals surface area contributed by atoms with E-state index in [1.54, 1.807) is 31.6 Å². The van der Waals surface area contributed by atoms with Crippen LogP contribution in [0.15, 0.2) is 51.6 Å². The molecule has 0 spiro atoms. The number of aromatic nitrogens is 1. The van der Waals surface area contributed by atoms with Crippen molar-refractivity contribution in [3.05, 3.63) is 59.5 Å². The number of benzene rings is 1. The van der Waals surface area contributed by atoms with Gasteiger partial charge in [0.15, 0.2) is 11.5 Å². The molecule has 6 heteroatoms. The van der Waals surface area contributed by atoms with Crippen molar-refractivity contribution in [1.29, 1.82) is 0 Å². The molecule has 1 atom stereocenters. The van der Waals surface area contributed by atoms with E-state index in [-0.39, 0.29) is 17.6 Å². The number of methoxy groups -OCH3 is 1. The summed E-state index contributed by atoms with van der Waals surface area (Å²) in [6.45, 7) is 2.65. The zero-order chi connectivity index (χ0) is 17.4. The van der Waals surface area contributed by atoms with Gasteiger partial charge >= 0.3 is 0 Å². The Labute approximate surface area is 145 Å². The smallest absolute Gasteiger partial charge is 0.276 e. The topological polar surface area (TPSA) is 68.7 Å². The zero-order valence-electron chi connectivity index (χ0n) is 14.1. The third kappa shape index (κ3) is 2.69. The average molecular weight is 338 g/mol. The molecule has 1 unspecified atom stereocenters. The monoisotopic (exact) mass is 338 g/mol. The van der Waals surface area contributed by atoms with Gasteiger partial charge in [0.2, 0.25) is 5.76 Å². The highest BCUT2D eigenvalue weighted by Gasteiger charge is 2.30. The van der Waals surface area contributed by atoms with Crippen LogP contribution >= 0.6 is 0 Å². The first-order valence-corrected chi connectivity index (χ1v) is 8.15. The van der Waals surface area contributed by atoms with Gasteiger partial charge in [0.1, 0.15) is 5.75 Å². The van der Waals surface area contributed by atoms with Crippen LogP contribution in [0.25, 0.3) is 11.5 Å². The third-order valence-electron chi connectivity index (χ3n) is 4.64. The summed E-state index contributed by atoms with van der Waals surface area (Å²) >= 11 is 0. The van der Waals surface area contributed by atoms with Crippen molar-refractivity contribution >= 4 is 5.91 Å². The molecule has 0 aliphatic carbocycles. The Morgan fingerprint density at radius 2 is 2.16 bits per heavy atom. The van der Waals surface area contributed by atoms with E-state index in [9.17, 15) is 4.79 Å². The molecule has 4 rings (SSSR count). The molecule has 0 bridgehead atoms. The fourth-order valence-corrected chi connectivity index (χ4v) is 3.27. The molecule has 0 fully saturated rings. The lowest BCUT2D eigenvalue weighted by molar-refractivity contribution is 0.0667. The molecule has 1 aromatic carbocycles. The molecule has 1 amide bonds. The Bertz CT molecular complexity index is 898. The predicted octanol–water partition coefficient (Wildman–Crippen LogP) is 3.70. The summed E-state index contributed by atoms with van der Waals surface area (Å²) in [7, 11) is 1.66. The summed E-state index contributed by atoms with van der Waals surface area (Å²) < 4.78 is 15.8. The molecule has 1 aliphatic heterocycles. The van der Waals surface area contributed by atoms with Gasteiger partial charge in [-0.2, -0.15) is 0 Å². The van der Waals surface area contributed by atoms with Crippen LogP contribution in [-0.2, 0) is 6.42 Å². The second-order valence-corrected chi connectivity index (χ2v) is 6.04. The van der Waals surface area contributed by atoms with Crippen molar-refractivity contribution in [1.82, 2.24) is 10.1 Å².